The van der Waals surface area contributed by atoms with Gasteiger partial charge in [-0.05, 0) is 62.6 Å². The lowest BCUT2D eigenvalue weighted by Gasteiger charge is -2.43. The van der Waals surface area contributed by atoms with E-state index in [2.05, 4.69) is 63.6 Å². The molecule has 5 nitrogen and oxygen atoms in total. The van der Waals surface area contributed by atoms with E-state index < -0.39 is 5.97 Å². The molecule has 27 heavy (non-hydrogen) atoms. The van der Waals surface area contributed by atoms with Gasteiger partial charge in [-0.2, -0.15) is 0 Å². The van der Waals surface area contributed by atoms with Gasteiger partial charge in [0.15, 0.2) is 0 Å². The fourth-order valence-electron chi connectivity index (χ4n) is 3.69. The number of anilines is 2. The topological polar surface area (TPSA) is 62.7 Å². The smallest absolute Gasteiger partial charge is 0.337 e. The third-order valence-corrected chi connectivity index (χ3v) is 5.39. The molecule has 0 radical (unpaired) electrons. The van der Waals surface area contributed by atoms with Gasteiger partial charge in [-0.3, -0.25) is 0 Å². The monoisotopic (exact) mass is 368 g/mol. The molecule has 2 heterocycles. The molecule has 0 atom stereocenters. The molecule has 3 rings (SSSR count). The van der Waals surface area contributed by atoms with Crippen LogP contribution in [-0.2, 0) is 15.8 Å². The van der Waals surface area contributed by atoms with Crippen molar-refractivity contribution in [2.24, 2.45) is 0 Å². The van der Waals surface area contributed by atoms with Gasteiger partial charge in [0.25, 0.3) is 0 Å². The molecule has 0 bridgehead atoms. The number of carboxylic acids is 1. The van der Waals surface area contributed by atoms with E-state index in [4.69, 9.17) is 9.84 Å². The number of rotatable bonds is 4. The molecule has 0 spiro atoms. The van der Waals surface area contributed by atoms with Gasteiger partial charge in [0.1, 0.15) is 5.82 Å². The van der Waals surface area contributed by atoms with Gasteiger partial charge in [-0.15, -0.1) is 0 Å². The van der Waals surface area contributed by atoms with Crippen LogP contribution in [0, 0.1) is 6.92 Å². The molecule has 2 aromatic rings. The van der Waals surface area contributed by atoms with Crippen LogP contribution in [0.4, 0.5) is 11.5 Å². The number of carbonyl (C=O) groups is 1. The fraction of sp³-hybridized carbons (Fsp3) is 0.455. The third-order valence-electron chi connectivity index (χ3n) is 5.39. The molecular weight excluding hydrogens is 340 g/mol. The summed E-state index contributed by atoms with van der Waals surface area (Å²) in [5, 5.41) is 9.11. The van der Waals surface area contributed by atoms with Crippen LogP contribution in [0.15, 0.2) is 30.5 Å². The lowest BCUT2D eigenvalue weighted by Crippen LogP contribution is -2.40. The lowest BCUT2D eigenvalue weighted by molar-refractivity contribution is -0.0587. The molecule has 1 aromatic heterocycles. The van der Waals surface area contributed by atoms with Gasteiger partial charge in [-0.1, -0.05) is 19.9 Å². The Morgan fingerprint density at radius 3 is 2.48 bits per heavy atom. The first kappa shape index (κ1) is 19.4. The summed E-state index contributed by atoms with van der Waals surface area (Å²) in [5.41, 5.74) is 4.56. The van der Waals surface area contributed by atoms with Crippen molar-refractivity contribution in [2.75, 3.05) is 18.1 Å². The second-order valence-corrected chi connectivity index (χ2v) is 8.32. The SMILES string of the molecule is CCN(c1ccc(C(=O)O)cn1)c1cc2c(cc1C)C(C)(C)OCC2(C)C. The number of pyridine rings is 1. The summed E-state index contributed by atoms with van der Waals surface area (Å²) in [4.78, 5) is 17.6. The average Bonchev–Trinajstić information content (AvgIpc) is 2.61. The van der Waals surface area contributed by atoms with Crippen LogP contribution < -0.4 is 4.90 Å². The van der Waals surface area contributed by atoms with Gasteiger partial charge < -0.3 is 14.7 Å². The Morgan fingerprint density at radius 2 is 1.93 bits per heavy atom. The molecule has 0 saturated heterocycles. The summed E-state index contributed by atoms with van der Waals surface area (Å²) in [5.74, 6) is -0.222. The van der Waals surface area contributed by atoms with Crippen molar-refractivity contribution in [3.8, 4) is 0 Å². The Labute approximate surface area is 161 Å². The summed E-state index contributed by atoms with van der Waals surface area (Å²) in [6.07, 6.45) is 1.41. The summed E-state index contributed by atoms with van der Waals surface area (Å²) in [6.45, 7) is 14.2. The second kappa shape index (κ2) is 6.64. The van der Waals surface area contributed by atoms with E-state index in [1.165, 1.54) is 17.3 Å². The van der Waals surface area contributed by atoms with Crippen LogP contribution >= 0.6 is 0 Å². The molecule has 1 aromatic carbocycles. The first-order chi connectivity index (χ1) is 12.6. The van der Waals surface area contributed by atoms with Crippen LogP contribution in [0.1, 0.15) is 61.7 Å². The van der Waals surface area contributed by atoms with Crippen molar-refractivity contribution in [2.45, 2.75) is 52.6 Å². The largest absolute Gasteiger partial charge is 0.478 e. The summed E-state index contributed by atoms with van der Waals surface area (Å²) < 4.78 is 6.13. The van der Waals surface area contributed by atoms with Crippen molar-refractivity contribution in [3.63, 3.8) is 0 Å². The third kappa shape index (κ3) is 3.44. The number of carboxylic acid groups (broad SMARTS) is 1. The van der Waals surface area contributed by atoms with Crippen molar-refractivity contribution >= 4 is 17.5 Å². The molecule has 0 aliphatic carbocycles. The van der Waals surface area contributed by atoms with Gasteiger partial charge >= 0.3 is 5.97 Å². The maximum atomic E-state index is 11.1. The van der Waals surface area contributed by atoms with E-state index in [0.717, 1.165) is 23.6 Å². The first-order valence-electron chi connectivity index (χ1n) is 9.33. The van der Waals surface area contributed by atoms with Crippen molar-refractivity contribution in [3.05, 3.63) is 52.7 Å². The highest BCUT2D eigenvalue weighted by atomic mass is 16.5. The number of fused-ring (bicyclic) bond motifs is 1. The summed E-state index contributed by atoms with van der Waals surface area (Å²) in [7, 11) is 0. The predicted octanol–water partition coefficient (Wildman–Crippen LogP) is 4.79. The fourth-order valence-corrected chi connectivity index (χ4v) is 3.69. The van der Waals surface area contributed by atoms with Gasteiger partial charge in [-0.25, -0.2) is 9.78 Å². The minimum atomic E-state index is -0.967. The molecule has 1 N–H and O–H groups in total. The number of aromatic nitrogens is 1. The zero-order valence-corrected chi connectivity index (χ0v) is 17.0. The zero-order chi connectivity index (χ0) is 20.0. The molecule has 1 aliphatic rings. The Balaban J connectivity index is 2.11. The molecular formula is C22H28N2O3. The van der Waals surface area contributed by atoms with Gasteiger partial charge in [0.2, 0.25) is 0 Å². The molecule has 5 heteroatoms. The zero-order valence-electron chi connectivity index (χ0n) is 17.0. The molecule has 144 valence electrons. The number of benzene rings is 1. The Bertz CT molecular complexity index is 870. The van der Waals surface area contributed by atoms with Crippen molar-refractivity contribution in [1.82, 2.24) is 4.98 Å². The number of aryl methyl sites for hydroxylation is 1. The van der Waals surface area contributed by atoms with Crippen LogP contribution in [0.3, 0.4) is 0 Å². The van der Waals surface area contributed by atoms with E-state index >= 15 is 0 Å². The lowest BCUT2D eigenvalue weighted by atomic mass is 9.75. The molecule has 0 fully saturated rings. The Kier molecular flexibility index (Phi) is 4.76. The van der Waals surface area contributed by atoms with Crippen LogP contribution in [0.2, 0.25) is 0 Å². The van der Waals surface area contributed by atoms with Crippen LogP contribution in [0.25, 0.3) is 0 Å². The van der Waals surface area contributed by atoms with E-state index in [0.29, 0.717) is 6.61 Å². The van der Waals surface area contributed by atoms with E-state index in [1.807, 2.05) is 0 Å². The first-order valence-corrected chi connectivity index (χ1v) is 9.33. The number of ether oxygens (including phenoxy) is 1. The molecule has 0 amide bonds. The highest BCUT2D eigenvalue weighted by Gasteiger charge is 2.38. The standard InChI is InChI=1S/C22H28N2O3/c1-7-24(19-9-8-15(12-23-19)20(25)26)18-11-16-17(10-14(18)2)22(5,6)27-13-21(16,3)4/h8-12H,7,13H2,1-6H3,(H,25,26). The second-order valence-electron chi connectivity index (χ2n) is 8.32. The number of aromatic carboxylic acids is 1. The van der Waals surface area contributed by atoms with E-state index in [9.17, 15) is 4.79 Å². The van der Waals surface area contributed by atoms with Gasteiger partial charge in [0.05, 0.1) is 17.8 Å². The van der Waals surface area contributed by atoms with E-state index in [-0.39, 0.29) is 16.6 Å². The normalized spacial score (nSPS) is 17.3. The predicted molar refractivity (Wildman–Crippen MR) is 107 cm³/mol. The minimum absolute atomic E-state index is 0.0761. The summed E-state index contributed by atoms with van der Waals surface area (Å²) in [6, 6.07) is 7.84. The average molecular weight is 368 g/mol. The Hall–Kier alpha value is -2.40. The highest BCUT2D eigenvalue weighted by Crippen LogP contribution is 2.44. The van der Waals surface area contributed by atoms with E-state index in [1.54, 1.807) is 12.1 Å². The molecule has 0 unspecified atom stereocenters. The maximum absolute atomic E-state index is 11.1. The van der Waals surface area contributed by atoms with Crippen molar-refractivity contribution in [1.29, 1.82) is 0 Å². The number of nitrogens with zero attached hydrogens (tertiary/aromatic N) is 2. The minimum Gasteiger partial charge on any atom is -0.478 e. The molecule has 0 saturated carbocycles. The van der Waals surface area contributed by atoms with Crippen molar-refractivity contribution < 1.29 is 14.6 Å². The molecule has 1 aliphatic heterocycles. The van der Waals surface area contributed by atoms with Crippen LogP contribution in [0.5, 0.6) is 0 Å². The van der Waals surface area contributed by atoms with Gasteiger partial charge in [0, 0.05) is 23.8 Å². The summed E-state index contributed by atoms with van der Waals surface area (Å²) >= 11 is 0. The number of hydrogen-bond donors (Lipinski definition) is 1. The quantitative estimate of drug-likeness (QED) is 0.841. The highest BCUT2D eigenvalue weighted by molar-refractivity contribution is 5.87. The Morgan fingerprint density at radius 1 is 1.22 bits per heavy atom. The maximum Gasteiger partial charge on any atom is 0.337 e. The van der Waals surface area contributed by atoms with Crippen LogP contribution in [-0.4, -0.2) is 29.2 Å². The number of hydrogen-bond acceptors (Lipinski definition) is 4.